The smallest absolute Gasteiger partial charge is 0.264 e. The van der Waals surface area contributed by atoms with Gasteiger partial charge in [0.1, 0.15) is 17.8 Å². The predicted octanol–water partition coefficient (Wildman–Crippen LogP) is 0.641. The molecule has 0 aliphatic carbocycles. The lowest BCUT2D eigenvalue weighted by Gasteiger charge is -2.24. The molecular formula is C14H21N5O3S. The molecule has 0 spiro atoms. The Morgan fingerprint density at radius 2 is 2.30 bits per heavy atom. The Balaban J connectivity index is 1.79. The van der Waals surface area contributed by atoms with Crippen molar-refractivity contribution >= 4 is 27.0 Å². The highest BCUT2D eigenvalue weighted by Gasteiger charge is 2.17. The fourth-order valence-electron chi connectivity index (χ4n) is 2.80. The normalized spacial score (nSPS) is 19.1. The summed E-state index contributed by atoms with van der Waals surface area (Å²) in [6.07, 6.45) is 7.10. The summed E-state index contributed by atoms with van der Waals surface area (Å²) >= 11 is 0. The SMILES string of the molecule is CS(=O)(=O)OCCc1c[nH]c2ncnc(N[C@@H]3CCCNC3)c12. The van der Waals surface area contributed by atoms with Crippen molar-refractivity contribution in [2.45, 2.75) is 25.3 Å². The molecule has 1 aliphatic rings. The van der Waals surface area contributed by atoms with Gasteiger partial charge in [0.2, 0.25) is 0 Å². The van der Waals surface area contributed by atoms with Gasteiger partial charge < -0.3 is 15.6 Å². The Hall–Kier alpha value is -1.71. The van der Waals surface area contributed by atoms with Crippen LogP contribution in [0, 0.1) is 0 Å². The average Bonchev–Trinajstić information content (AvgIpc) is 2.91. The molecule has 23 heavy (non-hydrogen) atoms. The maximum Gasteiger partial charge on any atom is 0.264 e. The van der Waals surface area contributed by atoms with E-state index in [9.17, 15) is 8.42 Å². The molecule has 0 unspecified atom stereocenters. The second-order valence-electron chi connectivity index (χ2n) is 5.72. The van der Waals surface area contributed by atoms with Crippen molar-refractivity contribution in [3.63, 3.8) is 0 Å². The highest BCUT2D eigenvalue weighted by molar-refractivity contribution is 7.85. The molecule has 1 fully saturated rings. The Morgan fingerprint density at radius 3 is 3.04 bits per heavy atom. The van der Waals surface area contributed by atoms with Gasteiger partial charge in [-0.3, -0.25) is 4.18 Å². The van der Waals surface area contributed by atoms with Gasteiger partial charge in [-0.2, -0.15) is 8.42 Å². The van der Waals surface area contributed by atoms with E-state index >= 15 is 0 Å². The summed E-state index contributed by atoms with van der Waals surface area (Å²) < 4.78 is 27.0. The van der Waals surface area contributed by atoms with E-state index in [1.54, 1.807) is 0 Å². The van der Waals surface area contributed by atoms with Crippen LogP contribution >= 0.6 is 0 Å². The van der Waals surface area contributed by atoms with Crippen LogP contribution in [0.25, 0.3) is 11.0 Å². The van der Waals surface area contributed by atoms with Crippen molar-refractivity contribution in [1.82, 2.24) is 20.3 Å². The van der Waals surface area contributed by atoms with Crippen LogP contribution in [0.3, 0.4) is 0 Å². The minimum Gasteiger partial charge on any atom is -0.365 e. The van der Waals surface area contributed by atoms with Crippen LogP contribution in [0.15, 0.2) is 12.5 Å². The Kier molecular flexibility index (Phi) is 4.79. The van der Waals surface area contributed by atoms with Crippen LogP contribution in [0.1, 0.15) is 18.4 Å². The summed E-state index contributed by atoms with van der Waals surface area (Å²) in [5.74, 6) is 0.777. The molecule has 3 N–H and O–H groups in total. The molecule has 0 saturated carbocycles. The van der Waals surface area contributed by atoms with E-state index in [0.717, 1.165) is 54.6 Å². The van der Waals surface area contributed by atoms with Crippen LogP contribution in [-0.4, -0.2) is 55.4 Å². The Bertz CT molecular complexity index is 768. The predicted molar refractivity (Wildman–Crippen MR) is 87.9 cm³/mol. The third kappa shape index (κ3) is 4.18. The molecule has 2 aromatic heterocycles. The molecule has 1 atom stereocenters. The minimum atomic E-state index is -3.43. The zero-order chi connectivity index (χ0) is 16.3. The Morgan fingerprint density at radius 1 is 1.43 bits per heavy atom. The second-order valence-corrected chi connectivity index (χ2v) is 7.37. The Labute approximate surface area is 135 Å². The van der Waals surface area contributed by atoms with Crippen LogP contribution in [0.5, 0.6) is 0 Å². The monoisotopic (exact) mass is 339 g/mol. The number of hydrogen-bond donors (Lipinski definition) is 3. The van der Waals surface area contributed by atoms with Gasteiger partial charge in [-0.1, -0.05) is 0 Å². The van der Waals surface area contributed by atoms with E-state index in [2.05, 4.69) is 25.6 Å². The molecule has 0 aromatic carbocycles. The van der Waals surface area contributed by atoms with Crippen LogP contribution in [-0.2, 0) is 20.7 Å². The molecule has 3 rings (SSSR count). The summed E-state index contributed by atoms with van der Waals surface area (Å²) in [5, 5.41) is 7.72. The number of hydrogen-bond acceptors (Lipinski definition) is 7. The lowest BCUT2D eigenvalue weighted by atomic mass is 10.1. The van der Waals surface area contributed by atoms with Crippen molar-refractivity contribution in [1.29, 1.82) is 0 Å². The zero-order valence-corrected chi connectivity index (χ0v) is 13.8. The minimum absolute atomic E-state index is 0.102. The number of anilines is 1. The maximum absolute atomic E-state index is 11.1. The van der Waals surface area contributed by atoms with Gasteiger partial charge in [0.15, 0.2) is 0 Å². The van der Waals surface area contributed by atoms with Gasteiger partial charge in [0, 0.05) is 18.8 Å². The van der Waals surface area contributed by atoms with E-state index in [1.165, 1.54) is 6.33 Å². The zero-order valence-electron chi connectivity index (χ0n) is 13.0. The average molecular weight is 339 g/mol. The third-order valence-electron chi connectivity index (χ3n) is 3.86. The topological polar surface area (TPSA) is 109 Å². The van der Waals surface area contributed by atoms with Crippen molar-refractivity contribution < 1.29 is 12.6 Å². The second kappa shape index (κ2) is 6.81. The number of nitrogens with zero attached hydrogens (tertiary/aromatic N) is 2. The van der Waals surface area contributed by atoms with Crippen molar-refractivity contribution in [2.24, 2.45) is 0 Å². The highest BCUT2D eigenvalue weighted by Crippen LogP contribution is 2.25. The molecule has 2 aromatic rings. The number of aromatic amines is 1. The van der Waals surface area contributed by atoms with Crippen molar-refractivity contribution in [3.05, 3.63) is 18.1 Å². The molecule has 8 nitrogen and oxygen atoms in total. The third-order valence-corrected chi connectivity index (χ3v) is 4.45. The van der Waals surface area contributed by atoms with E-state index in [-0.39, 0.29) is 6.61 Å². The highest BCUT2D eigenvalue weighted by atomic mass is 32.2. The number of nitrogens with one attached hydrogen (secondary N) is 3. The van der Waals surface area contributed by atoms with Gasteiger partial charge >= 0.3 is 0 Å². The molecule has 1 saturated heterocycles. The molecule has 9 heteroatoms. The largest absolute Gasteiger partial charge is 0.365 e. The van der Waals surface area contributed by atoms with E-state index in [0.29, 0.717) is 12.5 Å². The summed E-state index contributed by atoms with van der Waals surface area (Å²) in [5.41, 5.74) is 1.68. The van der Waals surface area contributed by atoms with Gasteiger partial charge in [0.25, 0.3) is 10.1 Å². The number of piperidine rings is 1. The number of rotatable bonds is 6. The van der Waals surface area contributed by atoms with E-state index < -0.39 is 10.1 Å². The first-order chi connectivity index (χ1) is 11.0. The number of fused-ring (bicyclic) bond motifs is 1. The number of aromatic nitrogens is 3. The quantitative estimate of drug-likeness (QED) is 0.663. The van der Waals surface area contributed by atoms with Gasteiger partial charge in [-0.25, -0.2) is 9.97 Å². The van der Waals surface area contributed by atoms with E-state index in [4.69, 9.17) is 4.18 Å². The van der Waals surface area contributed by atoms with E-state index in [1.807, 2.05) is 6.20 Å². The van der Waals surface area contributed by atoms with Crippen LogP contribution in [0.2, 0.25) is 0 Å². The summed E-state index contributed by atoms with van der Waals surface area (Å²) in [4.78, 5) is 11.7. The molecule has 0 amide bonds. The lowest BCUT2D eigenvalue weighted by molar-refractivity contribution is 0.326. The molecular weight excluding hydrogens is 318 g/mol. The molecule has 1 aliphatic heterocycles. The van der Waals surface area contributed by atoms with Crippen LogP contribution in [0.4, 0.5) is 5.82 Å². The fourth-order valence-corrected chi connectivity index (χ4v) is 3.19. The first-order valence-electron chi connectivity index (χ1n) is 7.65. The summed E-state index contributed by atoms with van der Waals surface area (Å²) in [6.45, 7) is 2.06. The standard InChI is InChI=1S/C14H21N5O3S/c1-23(20,21)22-6-4-10-7-16-13-12(10)14(18-9-17-13)19-11-3-2-5-15-8-11/h7,9,11,15H,2-6,8H2,1H3,(H2,16,17,18,19)/t11-/m1/s1. The van der Waals surface area contributed by atoms with Crippen molar-refractivity contribution in [3.8, 4) is 0 Å². The first-order valence-corrected chi connectivity index (χ1v) is 9.47. The summed E-state index contributed by atoms with van der Waals surface area (Å²) in [7, 11) is -3.43. The maximum atomic E-state index is 11.1. The van der Waals surface area contributed by atoms with Crippen molar-refractivity contribution in [2.75, 3.05) is 31.3 Å². The lowest BCUT2D eigenvalue weighted by Crippen LogP contribution is -2.38. The molecule has 3 heterocycles. The van der Waals surface area contributed by atoms with Crippen LogP contribution < -0.4 is 10.6 Å². The molecule has 126 valence electrons. The molecule has 0 radical (unpaired) electrons. The summed E-state index contributed by atoms with van der Waals surface area (Å²) in [6, 6.07) is 0.330. The van der Waals surface area contributed by atoms with Gasteiger partial charge in [-0.15, -0.1) is 0 Å². The van der Waals surface area contributed by atoms with Gasteiger partial charge in [-0.05, 0) is 31.4 Å². The first kappa shape index (κ1) is 16.2. The number of H-pyrrole nitrogens is 1. The molecule has 0 bridgehead atoms. The fraction of sp³-hybridized carbons (Fsp3) is 0.571. The van der Waals surface area contributed by atoms with Gasteiger partial charge in [0.05, 0.1) is 18.2 Å².